The molecular formula is C15H21N5O2. The van der Waals surface area contributed by atoms with Crippen molar-refractivity contribution >= 4 is 11.9 Å². The van der Waals surface area contributed by atoms with Crippen molar-refractivity contribution in [2.45, 2.75) is 31.6 Å². The van der Waals surface area contributed by atoms with Gasteiger partial charge in [-0.05, 0) is 38.1 Å². The van der Waals surface area contributed by atoms with Crippen molar-refractivity contribution < 1.29 is 9.21 Å². The lowest BCUT2D eigenvalue weighted by atomic mass is 9.98. The van der Waals surface area contributed by atoms with Crippen LogP contribution in [0.2, 0.25) is 0 Å². The van der Waals surface area contributed by atoms with Crippen LogP contribution in [0.25, 0.3) is 0 Å². The van der Waals surface area contributed by atoms with Crippen LogP contribution in [-0.4, -0.2) is 33.8 Å². The zero-order chi connectivity index (χ0) is 15.4. The summed E-state index contributed by atoms with van der Waals surface area (Å²) in [7, 11) is 1.81. The first-order valence-corrected chi connectivity index (χ1v) is 7.66. The van der Waals surface area contributed by atoms with Crippen molar-refractivity contribution in [2.75, 3.05) is 18.4 Å². The summed E-state index contributed by atoms with van der Waals surface area (Å²) in [6.07, 6.45) is 4.63. The highest BCUT2D eigenvalue weighted by molar-refractivity contribution is 5.89. The van der Waals surface area contributed by atoms with Gasteiger partial charge in [0.05, 0.1) is 6.26 Å². The van der Waals surface area contributed by atoms with Crippen molar-refractivity contribution in [1.82, 2.24) is 20.1 Å². The lowest BCUT2D eigenvalue weighted by Gasteiger charge is -2.19. The molecule has 2 N–H and O–H groups in total. The lowest BCUT2D eigenvalue weighted by molar-refractivity contribution is -0.116. The SMILES string of the molecule is Cn1nc(C2CCNCC2)nc1NC(=O)CCc1ccco1. The predicted molar refractivity (Wildman–Crippen MR) is 81.5 cm³/mol. The molecule has 1 saturated heterocycles. The fraction of sp³-hybridized carbons (Fsp3) is 0.533. The molecule has 0 spiro atoms. The number of piperidine rings is 1. The summed E-state index contributed by atoms with van der Waals surface area (Å²) >= 11 is 0. The Balaban J connectivity index is 1.57. The van der Waals surface area contributed by atoms with Gasteiger partial charge in [-0.3, -0.25) is 10.1 Å². The van der Waals surface area contributed by atoms with E-state index in [4.69, 9.17) is 4.42 Å². The van der Waals surface area contributed by atoms with Crippen LogP contribution in [0.1, 0.15) is 36.8 Å². The quantitative estimate of drug-likeness (QED) is 0.873. The summed E-state index contributed by atoms with van der Waals surface area (Å²) in [6, 6.07) is 3.69. The van der Waals surface area contributed by atoms with E-state index in [1.54, 1.807) is 18.0 Å². The molecule has 3 rings (SSSR count). The number of aryl methyl sites for hydroxylation is 2. The standard InChI is InChI=1S/C15H21N5O2/c1-20-15(17-13(21)5-4-12-3-2-10-22-12)18-14(19-20)11-6-8-16-9-7-11/h2-3,10-11,16H,4-9H2,1H3,(H,17,18,19,21). The van der Waals surface area contributed by atoms with E-state index in [9.17, 15) is 4.79 Å². The summed E-state index contributed by atoms with van der Waals surface area (Å²) in [5.74, 6) is 2.44. The third kappa shape index (κ3) is 3.54. The summed E-state index contributed by atoms with van der Waals surface area (Å²) in [5, 5.41) is 10.6. The molecule has 2 aromatic rings. The Kier molecular flexibility index (Phi) is 4.53. The number of hydrogen-bond donors (Lipinski definition) is 2. The second kappa shape index (κ2) is 6.74. The molecule has 2 aromatic heterocycles. The van der Waals surface area contributed by atoms with Gasteiger partial charge in [-0.2, -0.15) is 10.1 Å². The van der Waals surface area contributed by atoms with Crippen LogP contribution >= 0.6 is 0 Å². The maximum atomic E-state index is 12.0. The molecule has 1 fully saturated rings. The second-order valence-electron chi connectivity index (χ2n) is 5.57. The second-order valence-corrected chi connectivity index (χ2v) is 5.57. The monoisotopic (exact) mass is 303 g/mol. The van der Waals surface area contributed by atoms with Crippen molar-refractivity contribution in [3.05, 3.63) is 30.0 Å². The van der Waals surface area contributed by atoms with Gasteiger partial charge < -0.3 is 9.73 Å². The molecule has 0 unspecified atom stereocenters. The highest BCUT2D eigenvalue weighted by Gasteiger charge is 2.21. The minimum absolute atomic E-state index is 0.0799. The molecular weight excluding hydrogens is 282 g/mol. The van der Waals surface area contributed by atoms with E-state index in [2.05, 4.69) is 20.7 Å². The fourth-order valence-electron chi connectivity index (χ4n) is 2.64. The molecule has 7 heteroatoms. The van der Waals surface area contributed by atoms with Crippen LogP contribution in [0.4, 0.5) is 5.95 Å². The number of anilines is 1. The first-order chi connectivity index (χ1) is 10.7. The highest BCUT2D eigenvalue weighted by atomic mass is 16.3. The number of nitrogens with zero attached hydrogens (tertiary/aromatic N) is 3. The Hall–Kier alpha value is -2.15. The molecule has 3 heterocycles. The minimum atomic E-state index is -0.0799. The van der Waals surface area contributed by atoms with Gasteiger partial charge in [0, 0.05) is 25.8 Å². The number of nitrogens with one attached hydrogen (secondary N) is 2. The van der Waals surface area contributed by atoms with E-state index >= 15 is 0 Å². The molecule has 118 valence electrons. The third-order valence-electron chi connectivity index (χ3n) is 3.91. The molecule has 0 aromatic carbocycles. The van der Waals surface area contributed by atoms with E-state index in [0.29, 0.717) is 24.7 Å². The molecule has 0 bridgehead atoms. The third-order valence-corrected chi connectivity index (χ3v) is 3.91. The first-order valence-electron chi connectivity index (χ1n) is 7.66. The van der Waals surface area contributed by atoms with Crippen LogP contribution in [0.15, 0.2) is 22.8 Å². The van der Waals surface area contributed by atoms with Crippen molar-refractivity contribution in [3.8, 4) is 0 Å². The molecule has 0 aliphatic carbocycles. The Morgan fingerprint density at radius 2 is 2.32 bits per heavy atom. The van der Waals surface area contributed by atoms with Crippen LogP contribution in [0.3, 0.4) is 0 Å². The normalized spacial score (nSPS) is 15.9. The molecule has 1 aliphatic rings. The van der Waals surface area contributed by atoms with Crippen LogP contribution in [0.5, 0.6) is 0 Å². The van der Waals surface area contributed by atoms with Crippen LogP contribution in [-0.2, 0) is 18.3 Å². The average molecular weight is 303 g/mol. The molecule has 1 amide bonds. The Bertz CT molecular complexity index is 614. The van der Waals surface area contributed by atoms with E-state index in [1.165, 1.54) is 0 Å². The average Bonchev–Trinajstić information content (AvgIpc) is 3.17. The first kappa shape index (κ1) is 14.8. The number of furan rings is 1. The molecule has 22 heavy (non-hydrogen) atoms. The number of aromatic nitrogens is 3. The maximum Gasteiger partial charge on any atom is 0.227 e. The van der Waals surface area contributed by atoms with E-state index in [0.717, 1.165) is 37.5 Å². The number of hydrogen-bond acceptors (Lipinski definition) is 5. The van der Waals surface area contributed by atoms with Gasteiger partial charge in [-0.1, -0.05) is 0 Å². The van der Waals surface area contributed by atoms with E-state index in [1.807, 2.05) is 12.1 Å². The number of rotatable bonds is 5. The summed E-state index contributed by atoms with van der Waals surface area (Å²) < 4.78 is 6.86. The zero-order valence-corrected chi connectivity index (χ0v) is 12.7. The Morgan fingerprint density at radius 3 is 3.05 bits per heavy atom. The molecule has 7 nitrogen and oxygen atoms in total. The Morgan fingerprint density at radius 1 is 1.50 bits per heavy atom. The van der Waals surface area contributed by atoms with E-state index in [-0.39, 0.29) is 5.91 Å². The minimum Gasteiger partial charge on any atom is -0.469 e. The maximum absolute atomic E-state index is 12.0. The van der Waals surface area contributed by atoms with Gasteiger partial charge in [-0.15, -0.1) is 0 Å². The van der Waals surface area contributed by atoms with Crippen LogP contribution < -0.4 is 10.6 Å². The van der Waals surface area contributed by atoms with Crippen molar-refractivity contribution in [1.29, 1.82) is 0 Å². The summed E-state index contributed by atoms with van der Waals surface area (Å²) in [6.45, 7) is 1.99. The predicted octanol–water partition coefficient (Wildman–Crippen LogP) is 1.45. The van der Waals surface area contributed by atoms with Gasteiger partial charge in [0.1, 0.15) is 5.76 Å². The number of amides is 1. The highest BCUT2D eigenvalue weighted by Crippen LogP contribution is 2.23. The van der Waals surface area contributed by atoms with Gasteiger partial charge in [0.25, 0.3) is 0 Å². The number of carbonyl (C=O) groups is 1. The molecule has 0 saturated carbocycles. The van der Waals surface area contributed by atoms with Gasteiger partial charge in [-0.25, -0.2) is 4.68 Å². The number of carbonyl (C=O) groups excluding carboxylic acids is 1. The lowest BCUT2D eigenvalue weighted by Crippen LogP contribution is -2.27. The smallest absolute Gasteiger partial charge is 0.227 e. The molecule has 0 atom stereocenters. The van der Waals surface area contributed by atoms with E-state index < -0.39 is 0 Å². The zero-order valence-electron chi connectivity index (χ0n) is 12.7. The van der Waals surface area contributed by atoms with Crippen molar-refractivity contribution in [3.63, 3.8) is 0 Å². The Labute approximate surface area is 129 Å². The van der Waals surface area contributed by atoms with Gasteiger partial charge >= 0.3 is 0 Å². The molecule has 1 aliphatic heterocycles. The summed E-state index contributed by atoms with van der Waals surface area (Å²) in [4.78, 5) is 16.5. The topological polar surface area (TPSA) is 85.0 Å². The fourth-order valence-corrected chi connectivity index (χ4v) is 2.64. The van der Waals surface area contributed by atoms with Gasteiger partial charge in [0.15, 0.2) is 5.82 Å². The van der Waals surface area contributed by atoms with Crippen molar-refractivity contribution in [2.24, 2.45) is 7.05 Å². The van der Waals surface area contributed by atoms with Gasteiger partial charge in [0.2, 0.25) is 11.9 Å². The largest absolute Gasteiger partial charge is 0.469 e. The molecule has 0 radical (unpaired) electrons. The van der Waals surface area contributed by atoms with Crippen LogP contribution in [0, 0.1) is 0 Å². The summed E-state index contributed by atoms with van der Waals surface area (Å²) in [5.41, 5.74) is 0.